The molecule has 10 nitrogen and oxygen atoms in total. The van der Waals surface area contributed by atoms with Gasteiger partial charge in [-0.05, 0) is 48.7 Å². The number of halogens is 2. The molecular formula is C30H25F2N7O3S. The molecule has 0 spiro atoms. The first kappa shape index (κ1) is 28.3. The molecule has 0 bridgehead atoms. The molecule has 218 valence electrons. The topological polar surface area (TPSA) is 147 Å². The molecule has 43 heavy (non-hydrogen) atoms. The van der Waals surface area contributed by atoms with Gasteiger partial charge in [0.1, 0.15) is 17.9 Å². The molecule has 2 fully saturated rings. The molecule has 3 heterocycles. The quantitative estimate of drug-likeness (QED) is 0.229. The lowest BCUT2D eigenvalue weighted by Gasteiger charge is -2.37. The molecule has 6 rings (SSSR count). The fraction of sp³-hybridized carbons (Fsp3) is 0.267. The Morgan fingerprint density at radius 3 is 2.67 bits per heavy atom. The minimum absolute atomic E-state index is 0.0319. The van der Waals surface area contributed by atoms with Crippen molar-refractivity contribution in [3.05, 3.63) is 77.5 Å². The lowest BCUT2D eigenvalue weighted by molar-refractivity contribution is -0.125. The summed E-state index contributed by atoms with van der Waals surface area (Å²) in [6.45, 7) is 0. The van der Waals surface area contributed by atoms with Crippen molar-refractivity contribution in [1.29, 1.82) is 10.7 Å². The van der Waals surface area contributed by atoms with Gasteiger partial charge in [-0.2, -0.15) is 5.26 Å². The Labute approximate surface area is 249 Å². The number of rotatable bonds is 7. The first-order chi connectivity index (χ1) is 20.6. The third kappa shape index (κ3) is 4.87. The van der Waals surface area contributed by atoms with Gasteiger partial charge >= 0.3 is 0 Å². The minimum atomic E-state index is -2.78. The Balaban J connectivity index is 1.46. The van der Waals surface area contributed by atoms with Crippen LogP contribution in [-0.2, 0) is 14.4 Å². The highest BCUT2D eigenvalue weighted by Crippen LogP contribution is 2.51. The maximum absolute atomic E-state index is 14.7. The van der Waals surface area contributed by atoms with Crippen LogP contribution in [0, 0.1) is 16.7 Å². The number of nitrogens with one attached hydrogen (secondary N) is 1. The van der Waals surface area contributed by atoms with Crippen LogP contribution in [0.25, 0.3) is 0 Å². The summed E-state index contributed by atoms with van der Waals surface area (Å²) in [6, 6.07) is 14.2. The van der Waals surface area contributed by atoms with Crippen LogP contribution >= 0.6 is 11.9 Å². The number of nitriles is 1. The van der Waals surface area contributed by atoms with Crippen LogP contribution in [0.3, 0.4) is 0 Å². The van der Waals surface area contributed by atoms with E-state index in [0.717, 1.165) is 18.2 Å². The number of nitrogens with two attached hydrogens (primary N) is 1. The number of aromatic nitrogens is 1. The van der Waals surface area contributed by atoms with Crippen LogP contribution in [0.5, 0.6) is 0 Å². The van der Waals surface area contributed by atoms with Crippen molar-refractivity contribution in [1.82, 2.24) is 4.98 Å². The SMILES string of the molecule is N#Cc1ccnc(N2C(=O)CC[C@H]2C(=O)N(c2cccc(N)c2C=N)C2C(=O)N(SC3CC(F)(F)C3)c3ccccc32)c1. The maximum atomic E-state index is 14.7. The van der Waals surface area contributed by atoms with Gasteiger partial charge < -0.3 is 11.1 Å². The monoisotopic (exact) mass is 601 g/mol. The van der Waals surface area contributed by atoms with Crippen molar-refractivity contribution >= 4 is 58.8 Å². The lowest BCUT2D eigenvalue weighted by Crippen LogP contribution is -2.51. The van der Waals surface area contributed by atoms with Gasteiger partial charge in [0.05, 0.1) is 23.0 Å². The highest BCUT2D eigenvalue weighted by Gasteiger charge is 2.52. The molecule has 1 saturated carbocycles. The predicted octanol–water partition coefficient (Wildman–Crippen LogP) is 4.60. The molecule has 2 aliphatic heterocycles. The second-order valence-corrected chi connectivity index (χ2v) is 11.8. The molecule has 13 heteroatoms. The van der Waals surface area contributed by atoms with E-state index >= 15 is 0 Å². The average molecular weight is 602 g/mol. The van der Waals surface area contributed by atoms with Crippen molar-refractivity contribution in [2.45, 2.75) is 48.9 Å². The summed E-state index contributed by atoms with van der Waals surface area (Å²) in [6.07, 6.45) is 1.79. The number of pyridine rings is 1. The Kier molecular flexibility index (Phi) is 7.09. The van der Waals surface area contributed by atoms with E-state index in [0.29, 0.717) is 11.3 Å². The van der Waals surface area contributed by atoms with E-state index in [1.807, 2.05) is 6.07 Å². The van der Waals surface area contributed by atoms with E-state index in [1.54, 1.807) is 42.5 Å². The Bertz CT molecular complexity index is 1700. The molecule has 1 unspecified atom stereocenters. The van der Waals surface area contributed by atoms with Crippen molar-refractivity contribution in [3.8, 4) is 6.07 Å². The fourth-order valence-corrected chi connectivity index (χ4v) is 7.18. The van der Waals surface area contributed by atoms with Gasteiger partial charge in [-0.15, -0.1) is 0 Å². The Morgan fingerprint density at radius 1 is 1.19 bits per heavy atom. The number of carbonyl (C=O) groups excluding carboxylic acids is 3. The zero-order chi connectivity index (χ0) is 30.5. The number of nitrogens with zero attached hydrogens (tertiary/aromatic N) is 5. The van der Waals surface area contributed by atoms with E-state index < -0.39 is 35.1 Å². The smallest absolute Gasteiger partial charge is 0.265 e. The molecule has 2 aromatic carbocycles. The lowest BCUT2D eigenvalue weighted by atomic mass is 9.94. The van der Waals surface area contributed by atoms with Gasteiger partial charge in [0.15, 0.2) is 0 Å². The van der Waals surface area contributed by atoms with E-state index in [-0.39, 0.29) is 59.9 Å². The summed E-state index contributed by atoms with van der Waals surface area (Å²) < 4.78 is 28.7. The number of carbonyl (C=O) groups is 3. The maximum Gasteiger partial charge on any atom is 0.265 e. The van der Waals surface area contributed by atoms with Gasteiger partial charge in [0.2, 0.25) is 11.8 Å². The highest BCUT2D eigenvalue weighted by atomic mass is 32.2. The number of hydrogen-bond donors (Lipinski definition) is 2. The van der Waals surface area contributed by atoms with Crippen LogP contribution in [-0.4, -0.2) is 46.1 Å². The third-order valence-electron chi connectivity index (χ3n) is 7.83. The van der Waals surface area contributed by atoms with E-state index in [9.17, 15) is 28.4 Å². The first-order valence-corrected chi connectivity index (χ1v) is 14.3. The van der Waals surface area contributed by atoms with Crippen LogP contribution in [0.1, 0.15) is 48.4 Å². The van der Waals surface area contributed by atoms with Gasteiger partial charge in [-0.1, -0.05) is 24.3 Å². The van der Waals surface area contributed by atoms with Crippen molar-refractivity contribution in [2.75, 3.05) is 19.8 Å². The normalized spacial score (nSPS) is 20.9. The fourth-order valence-electron chi connectivity index (χ4n) is 5.76. The number of fused-ring (bicyclic) bond motifs is 1. The van der Waals surface area contributed by atoms with Gasteiger partial charge in [-0.25, -0.2) is 13.8 Å². The van der Waals surface area contributed by atoms with Crippen molar-refractivity contribution in [3.63, 3.8) is 0 Å². The van der Waals surface area contributed by atoms with Crippen LogP contribution < -0.4 is 19.8 Å². The zero-order valence-corrected chi connectivity index (χ0v) is 23.4. The summed E-state index contributed by atoms with van der Waals surface area (Å²) >= 11 is 1.01. The van der Waals surface area contributed by atoms with Gasteiger partial charge in [-0.3, -0.25) is 28.5 Å². The van der Waals surface area contributed by atoms with Crippen LogP contribution in [0.4, 0.5) is 31.7 Å². The molecule has 1 aromatic heterocycles. The first-order valence-electron chi connectivity index (χ1n) is 13.5. The summed E-state index contributed by atoms with van der Waals surface area (Å²) in [5, 5.41) is 17.0. The van der Waals surface area contributed by atoms with Gasteiger partial charge in [0, 0.05) is 53.7 Å². The summed E-state index contributed by atoms with van der Waals surface area (Å²) in [4.78, 5) is 48.8. The van der Waals surface area contributed by atoms with Crippen molar-refractivity contribution in [2.24, 2.45) is 0 Å². The number of para-hydroxylation sites is 1. The number of anilines is 4. The second-order valence-electron chi connectivity index (χ2n) is 10.6. The van der Waals surface area contributed by atoms with E-state index in [1.165, 1.54) is 32.4 Å². The third-order valence-corrected chi connectivity index (χ3v) is 9.05. The van der Waals surface area contributed by atoms with Crippen LogP contribution in [0.15, 0.2) is 60.8 Å². The zero-order valence-electron chi connectivity index (χ0n) is 22.6. The summed E-state index contributed by atoms with van der Waals surface area (Å²) in [5.41, 5.74) is 7.99. The number of alkyl halides is 2. The highest BCUT2D eigenvalue weighted by molar-refractivity contribution is 8.02. The molecular weight excluding hydrogens is 576 g/mol. The molecule has 3 N–H and O–H groups in total. The number of benzene rings is 2. The standard InChI is InChI=1S/C30H25F2N7O3S/c31-30(32)13-18(14-30)43-39-23-6-2-1-4-19(23)27(29(39)42)38(22-7-3-5-21(35)20(22)16-34)28(41)24-8-9-26(40)37(24)25-12-17(15-33)10-11-36-25/h1-7,10-12,16,18,24,27,34H,8-9,13-14,35H2/t24-,27?/m0/s1. The van der Waals surface area contributed by atoms with E-state index in [2.05, 4.69) is 4.98 Å². The summed E-state index contributed by atoms with van der Waals surface area (Å²) in [7, 11) is 0. The molecule has 3 aliphatic rings. The Hall–Kier alpha value is -4.83. The molecule has 2 atom stereocenters. The largest absolute Gasteiger partial charge is 0.398 e. The number of hydrogen-bond acceptors (Lipinski definition) is 8. The number of nitrogen functional groups attached to an aromatic ring is 1. The van der Waals surface area contributed by atoms with Crippen LogP contribution in [0.2, 0.25) is 0 Å². The summed E-state index contributed by atoms with van der Waals surface area (Å²) in [5.74, 6) is -4.16. The molecule has 0 radical (unpaired) electrons. The molecule has 3 aromatic rings. The average Bonchev–Trinajstić information content (AvgIpc) is 3.50. The number of amides is 3. The second kappa shape index (κ2) is 10.8. The van der Waals surface area contributed by atoms with Gasteiger partial charge in [0.25, 0.3) is 11.8 Å². The van der Waals surface area contributed by atoms with Crippen molar-refractivity contribution < 1.29 is 23.2 Å². The predicted molar refractivity (Wildman–Crippen MR) is 158 cm³/mol. The molecule has 3 amide bonds. The molecule has 1 aliphatic carbocycles. The molecule has 1 saturated heterocycles. The van der Waals surface area contributed by atoms with E-state index in [4.69, 9.17) is 11.1 Å². The Morgan fingerprint density at radius 2 is 1.95 bits per heavy atom. The minimum Gasteiger partial charge on any atom is -0.398 e.